The van der Waals surface area contributed by atoms with E-state index in [9.17, 15) is 14.7 Å². The number of carboxylic acid groups (broad SMARTS) is 1. The molecule has 5 heteroatoms. The molecule has 3 N–H and O–H groups in total. The van der Waals surface area contributed by atoms with Crippen molar-refractivity contribution >= 4 is 22.8 Å². The quantitative estimate of drug-likeness (QED) is 0.692. The second-order valence-electron chi connectivity index (χ2n) is 4.94. The van der Waals surface area contributed by atoms with Gasteiger partial charge in [0.25, 0.3) is 5.91 Å². The van der Waals surface area contributed by atoms with Crippen LogP contribution in [0.25, 0.3) is 10.9 Å². The van der Waals surface area contributed by atoms with Gasteiger partial charge in [0, 0.05) is 22.7 Å². The van der Waals surface area contributed by atoms with Gasteiger partial charge in [-0.15, -0.1) is 0 Å². The number of carbonyl (C=O) groups is 2. The molecule has 0 fully saturated rings. The molecule has 0 radical (unpaired) electrons. The van der Waals surface area contributed by atoms with Gasteiger partial charge < -0.3 is 15.4 Å². The summed E-state index contributed by atoms with van der Waals surface area (Å²) in [7, 11) is 0. The molecule has 0 spiro atoms. The minimum atomic E-state index is -1.10. The molecule has 0 aliphatic rings. The van der Waals surface area contributed by atoms with Gasteiger partial charge >= 0.3 is 5.97 Å². The molecule has 0 aliphatic carbocycles. The SMILES string of the molecule is O=C(N[C@H](C(=O)O)c1ccccc1)c1ccc2[nH]ccc2c1. The monoisotopic (exact) mass is 294 g/mol. The van der Waals surface area contributed by atoms with Gasteiger partial charge in [-0.05, 0) is 29.8 Å². The van der Waals surface area contributed by atoms with Crippen LogP contribution in [0.3, 0.4) is 0 Å². The van der Waals surface area contributed by atoms with Gasteiger partial charge in [-0.1, -0.05) is 30.3 Å². The van der Waals surface area contributed by atoms with Crippen LogP contribution in [-0.4, -0.2) is 22.0 Å². The Balaban J connectivity index is 1.86. The second-order valence-corrected chi connectivity index (χ2v) is 4.94. The summed E-state index contributed by atoms with van der Waals surface area (Å²) in [5.41, 5.74) is 1.88. The van der Waals surface area contributed by atoms with E-state index in [1.165, 1.54) is 0 Å². The van der Waals surface area contributed by atoms with Crippen LogP contribution < -0.4 is 5.32 Å². The summed E-state index contributed by atoms with van der Waals surface area (Å²) in [6, 6.07) is 14.6. The van der Waals surface area contributed by atoms with E-state index in [-0.39, 0.29) is 0 Å². The highest BCUT2D eigenvalue weighted by atomic mass is 16.4. The van der Waals surface area contributed by atoms with Gasteiger partial charge in [0.1, 0.15) is 0 Å². The minimum absolute atomic E-state index is 0.417. The molecule has 0 saturated heterocycles. The fourth-order valence-corrected chi connectivity index (χ4v) is 2.34. The van der Waals surface area contributed by atoms with Crippen molar-refractivity contribution in [3.8, 4) is 0 Å². The molecule has 110 valence electrons. The molecule has 0 aliphatic heterocycles. The van der Waals surface area contributed by atoms with Gasteiger partial charge in [0.05, 0.1) is 0 Å². The first-order chi connectivity index (χ1) is 10.6. The Bertz CT molecular complexity index is 824. The van der Waals surface area contributed by atoms with E-state index in [1.807, 2.05) is 6.07 Å². The van der Waals surface area contributed by atoms with E-state index in [0.29, 0.717) is 11.1 Å². The summed E-state index contributed by atoms with van der Waals surface area (Å²) in [4.78, 5) is 26.8. The van der Waals surface area contributed by atoms with Gasteiger partial charge in [-0.25, -0.2) is 4.79 Å². The standard InChI is InChI=1S/C17H14N2O3/c20-16(13-6-7-14-12(10-13)8-9-18-14)19-15(17(21)22)11-4-2-1-3-5-11/h1-10,15,18H,(H,19,20)(H,21,22)/t15-/m0/s1. The summed E-state index contributed by atoms with van der Waals surface area (Å²) >= 11 is 0. The predicted octanol–water partition coefficient (Wildman–Crippen LogP) is 2.72. The highest BCUT2D eigenvalue weighted by Gasteiger charge is 2.22. The lowest BCUT2D eigenvalue weighted by Crippen LogP contribution is -2.33. The zero-order valence-electron chi connectivity index (χ0n) is 11.6. The van der Waals surface area contributed by atoms with Crippen LogP contribution in [0, 0.1) is 0 Å². The number of carboxylic acids is 1. The van der Waals surface area contributed by atoms with Crippen LogP contribution in [0.15, 0.2) is 60.8 Å². The molecular weight excluding hydrogens is 280 g/mol. The number of fused-ring (bicyclic) bond motifs is 1. The van der Waals surface area contributed by atoms with Crippen molar-refractivity contribution < 1.29 is 14.7 Å². The number of aliphatic carboxylic acids is 1. The number of aromatic nitrogens is 1. The normalized spacial score (nSPS) is 12.0. The maximum absolute atomic E-state index is 12.3. The Morgan fingerprint density at radius 1 is 1.05 bits per heavy atom. The van der Waals surface area contributed by atoms with Crippen molar-refractivity contribution in [2.45, 2.75) is 6.04 Å². The Kier molecular flexibility index (Phi) is 3.62. The van der Waals surface area contributed by atoms with E-state index in [0.717, 1.165) is 10.9 Å². The lowest BCUT2D eigenvalue weighted by Gasteiger charge is -2.15. The molecule has 1 atom stereocenters. The van der Waals surface area contributed by atoms with Crippen molar-refractivity contribution in [2.24, 2.45) is 0 Å². The van der Waals surface area contributed by atoms with Crippen molar-refractivity contribution in [1.82, 2.24) is 10.3 Å². The third kappa shape index (κ3) is 2.69. The number of H-pyrrole nitrogens is 1. The number of hydrogen-bond donors (Lipinski definition) is 3. The first-order valence-corrected chi connectivity index (χ1v) is 6.81. The van der Waals surface area contributed by atoms with Gasteiger partial charge in [0.15, 0.2) is 6.04 Å². The smallest absolute Gasteiger partial charge is 0.330 e. The summed E-state index contributed by atoms with van der Waals surface area (Å²) < 4.78 is 0. The van der Waals surface area contributed by atoms with Crippen LogP contribution in [0.4, 0.5) is 0 Å². The minimum Gasteiger partial charge on any atom is -0.479 e. The molecule has 0 bridgehead atoms. The van der Waals surface area contributed by atoms with Crippen molar-refractivity contribution in [2.75, 3.05) is 0 Å². The largest absolute Gasteiger partial charge is 0.479 e. The second kappa shape index (κ2) is 5.73. The van der Waals surface area contributed by atoms with Crippen molar-refractivity contribution in [3.63, 3.8) is 0 Å². The van der Waals surface area contributed by atoms with Crippen LogP contribution in [0.2, 0.25) is 0 Å². The number of carbonyl (C=O) groups excluding carboxylic acids is 1. The Morgan fingerprint density at radius 3 is 2.55 bits per heavy atom. The van der Waals surface area contributed by atoms with E-state index in [2.05, 4.69) is 10.3 Å². The molecule has 1 amide bonds. The number of aromatic amines is 1. The van der Waals surface area contributed by atoms with E-state index in [1.54, 1.807) is 54.7 Å². The number of nitrogens with one attached hydrogen (secondary N) is 2. The average Bonchev–Trinajstić information content (AvgIpc) is 3.00. The fraction of sp³-hybridized carbons (Fsp3) is 0.0588. The number of amides is 1. The summed E-state index contributed by atoms with van der Waals surface area (Å²) in [6.07, 6.45) is 1.79. The van der Waals surface area contributed by atoms with E-state index in [4.69, 9.17) is 0 Å². The predicted molar refractivity (Wildman–Crippen MR) is 82.6 cm³/mol. The first kappa shape index (κ1) is 13.9. The van der Waals surface area contributed by atoms with Gasteiger partial charge in [-0.3, -0.25) is 4.79 Å². The molecule has 3 rings (SSSR count). The summed E-state index contributed by atoms with van der Waals surface area (Å²) in [5.74, 6) is -1.51. The maximum Gasteiger partial charge on any atom is 0.330 e. The molecule has 2 aromatic carbocycles. The van der Waals surface area contributed by atoms with Crippen LogP contribution in [-0.2, 0) is 4.79 Å². The number of hydrogen-bond acceptors (Lipinski definition) is 2. The van der Waals surface area contributed by atoms with Gasteiger partial charge in [-0.2, -0.15) is 0 Å². The van der Waals surface area contributed by atoms with E-state index < -0.39 is 17.9 Å². The Labute approximate surface area is 126 Å². The molecule has 1 aromatic heterocycles. The highest BCUT2D eigenvalue weighted by molar-refractivity contribution is 5.99. The zero-order chi connectivity index (χ0) is 15.5. The average molecular weight is 294 g/mol. The number of benzene rings is 2. The van der Waals surface area contributed by atoms with Gasteiger partial charge in [0.2, 0.25) is 0 Å². The summed E-state index contributed by atoms with van der Waals surface area (Å²) in [5, 5.41) is 12.8. The third-order valence-electron chi connectivity index (χ3n) is 3.47. The fourth-order valence-electron chi connectivity index (χ4n) is 2.34. The highest BCUT2D eigenvalue weighted by Crippen LogP contribution is 2.17. The van der Waals surface area contributed by atoms with Crippen LogP contribution in [0.1, 0.15) is 22.0 Å². The molecule has 3 aromatic rings. The lowest BCUT2D eigenvalue weighted by molar-refractivity contribution is -0.139. The Hall–Kier alpha value is -3.08. The first-order valence-electron chi connectivity index (χ1n) is 6.81. The van der Waals surface area contributed by atoms with E-state index >= 15 is 0 Å². The third-order valence-corrected chi connectivity index (χ3v) is 3.47. The van der Waals surface area contributed by atoms with Crippen molar-refractivity contribution in [1.29, 1.82) is 0 Å². The summed E-state index contributed by atoms with van der Waals surface area (Å²) in [6.45, 7) is 0. The van der Waals surface area contributed by atoms with Crippen molar-refractivity contribution in [3.05, 3.63) is 71.9 Å². The number of rotatable bonds is 4. The topological polar surface area (TPSA) is 82.2 Å². The molecule has 1 heterocycles. The van der Waals surface area contributed by atoms with Crippen LogP contribution in [0.5, 0.6) is 0 Å². The molecule has 5 nitrogen and oxygen atoms in total. The molecular formula is C17H14N2O3. The zero-order valence-corrected chi connectivity index (χ0v) is 11.6. The molecule has 0 unspecified atom stereocenters. The molecule has 22 heavy (non-hydrogen) atoms. The Morgan fingerprint density at radius 2 is 1.82 bits per heavy atom. The maximum atomic E-state index is 12.3. The lowest BCUT2D eigenvalue weighted by atomic mass is 10.1. The molecule has 0 saturated carbocycles. The van der Waals surface area contributed by atoms with Crippen LogP contribution >= 0.6 is 0 Å².